The van der Waals surface area contributed by atoms with Gasteiger partial charge in [0, 0.05) is 25.9 Å². The third-order valence-corrected chi connectivity index (χ3v) is 3.32. The van der Waals surface area contributed by atoms with Gasteiger partial charge < -0.3 is 15.8 Å². The van der Waals surface area contributed by atoms with Crippen molar-refractivity contribution in [2.45, 2.75) is 38.3 Å². The van der Waals surface area contributed by atoms with Crippen molar-refractivity contribution in [3.8, 4) is 0 Å². The van der Waals surface area contributed by atoms with Crippen LogP contribution in [0.2, 0.25) is 0 Å². The minimum Gasteiger partial charge on any atom is -0.378 e. The van der Waals surface area contributed by atoms with Crippen LogP contribution in [0.1, 0.15) is 41.7 Å². The summed E-state index contributed by atoms with van der Waals surface area (Å²) >= 11 is 0. The average molecular weight is 263 g/mol. The van der Waals surface area contributed by atoms with Crippen LogP contribution < -0.4 is 11.1 Å². The first-order valence-electron chi connectivity index (χ1n) is 6.84. The van der Waals surface area contributed by atoms with Gasteiger partial charge in [-0.3, -0.25) is 9.78 Å². The zero-order valence-corrected chi connectivity index (χ0v) is 11.1. The maximum Gasteiger partial charge on any atom is 0.269 e. The summed E-state index contributed by atoms with van der Waals surface area (Å²) in [5.74, 6) is -0.139. The topological polar surface area (TPSA) is 77.2 Å². The maximum absolute atomic E-state index is 11.8. The number of carbonyl (C=O) groups excluding carboxylic acids is 1. The van der Waals surface area contributed by atoms with Crippen molar-refractivity contribution >= 4 is 5.91 Å². The Labute approximate surface area is 113 Å². The highest BCUT2D eigenvalue weighted by atomic mass is 16.5. The summed E-state index contributed by atoms with van der Waals surface area (Å²) in [5, 5.41) is 2.87. The Balaban J connectivity index is 1.73. The van der Waals surface area contributed by atoms with Gasteiger partial charge in [0.2, 0.25) is 0 Å². The average Bonchev–Trinajstić information content (AvgIpc) is 2.48. The van der Waals surface area contributed by atoms with Crippen LogP contribution in [-0.4, -0.2) is 30.1 Å². The molecular weight excluding hydrogens is 242 g/mol. The van der Waals surface area contributed by atoms with Gasteiger partial charge in [-0.1, -0.05) is 6.07 Å². The van der Waals surface area contributed by atoms with Gasteiger partial charge >= 0.3 is 0 Å². The van der Waals surface area contributed by atoms with E-state index >= 15 is 0 Å². The molecule has 0 bridgehead atoms. The highest BCUT2D eigenvalue weighted by molar-refractivity contribution is 5.92. The number of rotatable bonds is 5. The second-order valence-corrected chi connectivity index (χ2v) is 4.79. The van der Waals surface area contributed by atoms with Crippen molar-refractivity contribution in [3.63, 3.8) is 0 Å². The van der Waals surface area contributed by atoms with E-state index in [-0.39, 0.29) is 5.91 Å². The van der Waals surface area contributed by atoms with Crippen molar-refractivity contribution in [3.05, 3.63) is 29.6 Å². The number of hydrogen-bond donors (Lipinski definition) is 2. The lowest BCUT2D eigenvalue weighted by Gasteiger charge is -2.22. The summed E-state index contributed by atoms with van der Waals surface area (Å²) in [6, 6.07) is 3.53. The smallest absolute Gasteiger partial charge is 0.269 e. The Morgan fingerprint density at radius 1 is 1.47 bits per heavy atom. The normalized spacial score (nSPS) is 19.1. The van der Waals surface area contributed by atoms with E-state index in [0.717, 1.165) is 31.4 Å². The molecule has 1 aliphatic rings. The fourth-order valence-corrected chi connectivity index (χ4v) is 2.15. The molecule has 1 amide bonds. The molecule has 1 aromatic heterocycles. The van der Waals surface area contributed by atoms with Gasteiger partial charge in [0.05, 0.1) is 6.10 Å². The molecule has 19 heavy (non-hydrogen) atoms. The number of hydrogen-bond acceptors (Lipinski definition) is 4. The Morgan fingerprint density at radius 2 is 2.37 bits per heavy atom. The summed E-state index contributed by atoms with van der Waals surface area (Å²) < 4.78 is 5.61. The molecule has 3 N–H and O–H groups in total. The number of ether oxygens (including phenoxy) is 1. The summed E-state index contributed by atoms with van der Waals surface area (Å²) in [6.07, 6.45) is 6.27. The van der Waals surface area contributed by atoms with Gasteiger partial charge in [0.1, 0.15) is 5.69 Å². The second kappa shape index (κ2) is 7.21. The number of aromatic nitrogens is 1. The van der Waals surface area contributed by atoms with Gasteiger partial charge in [-0.2, -0.15) is 0 Å². The van der Waals surface area contributed by atoms with Crippen LogP contribution in [0, 0.1) is 0 Å². The largest absolute Gasteiger partial charge is 0.378 e. The number of amides is 1. The molecular formula is C14H21N3O2. The summed E-state index contributed by atoms with van der Waals surface area (Å²) in [4.78, 5) is 15.9. The summed E-state index contributed by atoms with van der Waals surface area (Å²) in [7, 11) is 0. The molecule has 0 radical (unpaired) electrons. The molecule has 1 aromatic rings. The lowest BCUT2D eigenvalue weighted by atomic mass is 10.1. The minimum absolute atomic E-state index is 0.139. The zero-order chi connectivity index (χ0) is 13.5. The molecule has 0 saturated carbocycles. The second-order valence-electron chi connectivity index (χ2n) is 4.79. The molecule has 5 nitrogen and oxygen atoms in total. The van der Waals surface area contributed by atoms with Gasteiger partial charge in [-0.25, -0.2) is 0 Å². The zero-order valence-electron chi connectivity index (χ0n) is 11.1. The molecule has 0 aromatic carbocycles. The molecule has 1 unspecified atom stereocenters. The first-order chi connectivity index (χ1) is 9.29. The van der Waals surface area contributed by atoms with E-state index in [1.54, 1.807) is 12.3 Å². The summed E-state index contributed by atoms with van der Waals surface area (Å²) in [5.41, 5.74) is 6.84. The molecule has 0 aliphatic carbocycles. The predicted octanol–water partition coefficient (Wildman–Crippen LogP) is 1.23. The minimum atomic E-state index is -0.139. The maximum atomic E-state index is 11.8. The first-order valence-corrected chi connectivity index (χ1v) is 6.84. The molecule has 104 valence electrons. The van der Waals surface area contributed by atoms with E-state index in [1.807, 2.05) is 6.07 Å². The monoisotopic (exact) mass is 263 g/mol. The Hall–Kier alpha value is -1.46. The van der Waals surface area contributed by atoms with Crippen molar-refractivity contribution in [1.82, 2.24) is 10.3 Å². The van der Waals surface area contributed by atoms with E-state index in [2.05, 4.69) is 10.3 Å². The molecule has 5 heteroatoms. The van der Waals surface area contributed by atoms with Crippen molar-refractivity contribution in [2.75, 3.05) is 13.2 Å². The summed E-state index contributed by atoms with van der Waals surface area (Å²) in [6.45, 7) is 1.92. The van der Waals surface area contributed by atoms with E-state index < -0.39 is 0 Å². The Kier molecular flexibility index (Phi) is 5.30. The van der Waals surface area contributed by atoms with Crippen LogP contribution in [0.15, 0.2) is 18.3 Å². The van der Waals surface area contributed by atoms with Gasteiger partial charge in [-0.15, -0.1) is 0 Å². The molecule has 2 rings (SSSR count). The molecule has 1 aliphatic heterocycles. The van der Waals surface area contributed by atoms with E-state index in [4.69, 9.17) is 10.5 Å². The number of nitrogens with two attached hydrogens (primary N) is 1. The van der Waals surface area contributed by atoms with Crippen LogP contribution in [-0.2, 0) is 11.3 Å². The lowest BCUT2D eigenvalue weighted by molar-refractivity contribution is 0.0117. The Morgan fingerprint density at radius 3 is 3.00 bits per heavy atom. The van der Waals surface area contributed by atoms with Crippen LogP contribution in [0.4, 0.5) is 0 Å². The molecule has 1 atom stereocenters. The van der Waals surface area contributed by atoms with Crippen LogP contribution >= 0.6 is 0 Å². The van der Waals surface area contributed by atoms with Crippen molar-refractivity contribution < 1.29 is 9.53 Å². The van der Waals surface area contributed by atoms with Gasteiger partial charge in [0.25, 0.3) is 5.91 Å². The van der Waals surface area contributed by atoms with E-state index in [0.29, 0.717) is 24.9 Å². The number of nitrogens with zero attached hydrogens (tertiary/aromatic N) is 1. The third-order valence-electron chi connectivity index (χ3n) is 3.32. The SMILES string of the molecule is NCc1ccc(C(=O)NCCC2CCCCO2)nc1. The fraction of sp³-hybridized carbons (Fsp3) is 0.571. The molecule has 1 saturated heterocycles. The fourth-order valence-electron chi connectivity index (χ4n) is 2.15. The predicted molar refractivity (Wildman–Crippen MR) is 72.7 cm³/mol. The lowest BCUT2D eigenvalue weighted by Crippen LogP contribution is -2.29. The van der Waals surface area contributed by atoms with Gasteiger partial charge in [-0.05, 0) is 37.3 Å². The standard InChI is InChI=1S/C14H21N3O2/c15-9-11-4-5-13(17-10-11)14(18)16-7-6-12-3-1-2-8-19-12/h4-5,10,12H,1-3,6-9,15H2,(H,16,18). The Bertz CT molecular complexity index is 400. The van der Waals surface area contributed by atoms with E-state index in [1.165, 1.54) is 6.42 Å². The molecule has 2 heterocycles. The van der Waals surface area contributed by atoms with Gasteiger partial charge in [0.15, 0.2) is 0 Å². The number of pyridine rings is 1. The van der Waals surface area contributed by atoms with Crippen LogP contribution in [0.3, 0.4) is 0 Å². The number of nitrogens with one attached hydrogen (secondary N) is 1. The molecule has 0 spiro atoms. The third kappa shape index (κ3) is 4.29. The van der Waals surface area contributed by atoms with Crippen molar-refractivity contribution in [2.24, 2.45) is 5.73 Å². The molecule has 1 fully saturated rings. The quantitative estimate of drug-likeness (QED) is 0.837. The number of carbonyl (C=O) groups is 1. The van der Waals surface area contributed by atoms with E-state index in [9.17, 15) is 4.79 Å². The first kappa shape index (κ1) is 14.0. The van der Waals surface area contributed by atoms with Crippen molar-refractivity contribution in [1.29, 1.82) is 0 Å². The highest BCUT2D eigenvalue weighted by Gasteiger charge is 2.14. The van der Waals surface area contributed by atoms with Crippen LogP contribution in [0.25, 0.3) is 0 Å². The van der Waals surface area contributed by atoms with Crippen LogP contribution in [0.5, 0.6) is 0 Å². The highest BCUT2D eigenvalue weighted by Crippen LogP contribution is 2.14.